The summed E-state index contributed by atoms with van der Waals surface area (Å²) in [6, 6.07) is -0.137. The number of thiazole rings is 1. The van der Waals surface area contributed by atoms with Gasteiger partial charge in [0.15, 0.2) is 0 Å². The Morgan fingerprint density at radius 1 is 1.69 bits per heavy atom. The molecule has 0 bridgehead atoms. The highest BCUT2D eigenvalue weighted by Crippen LogP contribution is 2.16. The van der Waals surface area contributed by atoms with Crippen molar-refractivity contribution in [2.24, 2.45) is 0 Å². The quantitative estimate of drug-likeness (QED) is 0.740. The lowest BCUT2D eigenvalue weighted by molar-refractivity contribution is 0.0941. The molecule has 2 aromatic heterocycles. The molecular formula is C9H11N5OS. The predicted molar refractivity (Wildman–Crippen MR) is 61.0 cm³/mol. The van der Waals surface area contributed by atoms with Gasteiger partial charge in [0, 0.05) is 11.6 Å². The molecule has 0 saturated heterocycles. The monoisotopic (exact) mass is 237 g/mol. The van der Waals surface area contributed by atoms with Gasteiger partial charge in [-0.15, -0.1) is 11.3 Å². The van der Waals surface area contributed by atoms with E-state index < -0.39 is 0 Å². The van der Waals surface area contributed by atoms with Crippen LogP contribution in [-0.2, 0) is 0 Å². The third kappa shape index (κ3) is 2.03. The van der Waals surface area contributed by atoms with Crippen LogP contribution >= 0.6 is 11.3 Å². The number of hydrogen-bond acceptors (Lipinski definition) is 5. The molecular weight excluding hydrogens is 226 g/mol. The van der Waals surface area contributed by atoms with Gasteiger partial charge in [-0.25, -0.2) is 4.98 Å². The standard InChI is InChI=1S/C9H11N5OS/c1-5(9-11-2-3-16-9)13-8(15)6-4-12-14-7(6)10/h2-5H,1H3,(H,13,15)(H3,10,12,14). The summed E-state index contributed by atoms with van der Waals surface area (Å²) in [4.78, 5) is 15.9. The smallest absolute Gasteiger partial charge is 0.257 e. The van der Waals surface area contributed by atoms with Gasteiger partial charge in [-0.2, -0.15) is 5.10 Å². The minimum absolute atomic E-state index is 0.137. The van der Waals surface area contributed by atoms with Crippen molar-refractivity contribution in [2.75, 3.05) is 5.73 Å². The molecule has 84 valence electrons. The molecule has 4 N–H and O–H groups in total. The topological polar surface area (TPSA) is 96.7 Å². The van der Waals surface area contributed by atoms with Crippen LogP contribution in [-0.4, -0.2) is 21.1 Å². The molecule has 0 saturated carbocycles. The van der Waals surface area contributed by atoms with Crippen LogP contribution in [0, 0.1) is 0 Å². The van der Waals surface area contributed by atoms with Crippen LogP contribution in [0.4, 0.5) is 5.82 Å². The summed E-state index contributed by atoms with van der Waals surface area (Å²) >= 11 is 1.49. The molecule has 0 aromatic carbocycles. The minimum atomic E-state index is -0.256. The number of carbonyl (C=O) groups excluding carboxylic acids is 1. The average Bonchev–Trinajstić information content (AvgIpc) is 2.86. The van der Waals surface area contributed by atoms with E-state index in [1.807, 2.05) is 12.3 Å². The van der Waals surface area contributed by atoms with Gasteiger partial charge in [-0.3, -0.25) is 9.89 Å². The molecule has 0 radical (unpaired) electrons. The lowest BCUT2D eigenvalue weighted by Crippen LogP contribution is -2.26. The number of rotatable bonds is 3. The minimum Gasteiger partial charge on any atom is -0.383 e. The first-order chi connectivity index (χ1) is 7.68. The normalized spacial score (nSPS) is 12.3. The van der Waals surface area contributed by atoms with E-state index in [1.165, 1.54) is 17.5 Å². The van der Waals surface area contributed by atoms with Crippen LogP contribution in [0.1, 0.15) is 28.3 Å². The Balaban J connectivity index is 2.06. The largest absolute Gasteiger partial charge is 0.383 e. The first-order valence-corrected chi connectivity index (χ1v) is 5.55. The van der Waals surface area contributed by atoms with Crippen LogP contribution in [0.5, 0.6) is 0 Å². The van der Waals surface area contributed by atoms with E-state index in [1.54, 1.807) is 6.20 Å². The predicted octanol–water partition coefficient (Wildman–Crippen LogP) is 0.939. The summed E-state index contributed by atoms with van der Waals surface area (Å²) < 4.78 is 0. The molecule has 16 heavy (non-hydrogen) atoms. The number of aromatic amines is 1. The van der Waals surface area contributed by atoms with Gasteiger partial charge in [0.05, 0.1) is 12.2 Å². The van der Waals surface area contributed by atoms with Crippen molar-refractivity contribution in [3.63, 3.8) is 0 Å². The zero-order chi connectivity index (χ0) is 11.5. The second-order valence-electron chi connectivity index (χ2n) is 3.26. The van der Waals surface area contributed by atoms with Crippen LogP contribution in [0.3, 0.4) is 0 Å². The molecule has 2 heterocycles. The third-order valence-electron chi connectivity index (χ3n) is 2.08. The molecule has 7 heteroatoms. The zero-order valence-corrected chi connectivity index (χ0v) is 9.41. The molecule has 1 amide bonds. The van der Waals surface area contributed by atoms with Gasteiger partial charge in [-0.1, -0.05) is 0 Å². The fourth-order valence-corrected chi connectivity index (χ4v) is 1.91. The molecule has 0 spiro atoms. The lowest BCUT2D eigenvalue weighted by Gasteiger charge is -2.10. The van der Waals surface area contributed by atoms with E-state index in [4.69, 9.17) is 5.73 Å². The number of anilines is 1. The summed E-state index contributed by atoms with van der Waals surface area (Å²) in [5.74, 6) is 0.0118. The number of amides is 1. The van der Waals surface area contributed by atoms with Crippen molar-refractivity contribution in [2.45, 2.75) is 13.0 Å². The summed E-state index contributed by atoms with van der Waals surface area (Å²) in [7, 11) is 0. The van der Waals surface area contributed by atoms with Gasteiger partial charge in [0.25, 0.3) is 5.91 Å². The van der Waals surface area contributed by atoms with Crippen molar-refractivity contribution >= 4 is 23.1 Å². The maximum Gasteiger partial charge on any atom is 0.257 e. The number of nitrogens with two attached hydrogens (primary N) is 1. The van der Waals surface area contributed by atoms with E-state index in [9.17, 15) is 4.79 Å². The number of hydrogen-bond donors (Lipinski definition) is 3. The molecule has 0 aliphatic carbocycles. The number of H-pyrrole nitrogens is 1. The van der Waals surface area contributed by atoms with Crippen LogP contribution in [0.2, 0.25) is 0 Å². The molecule has 0 fully saturated rings. The average molecular weight is 237 g/mol. The molecule has 2 rings (SSSR count). The third-order valence-corrected chi connectivity index (χ3v) is 3.04. The van der Waals surface area contributed by atoms with Crippen molar-refractivity contribution in [1.29, 1.82) is 0 Å². The number of aromatic nitrogens is 3. The Morgan fingerprint density at radius 3 is 3.06 bits per heavy atom. The van der Waals surface area contributed by atoms with E-state index in [-0.39, 0.29) is 17.8 Å². The zero-order valence-electron chi connectivity index (χ0n) is 8.60. The highest BCUT2D eigenvalue weighted by molar-refractivity contribution is 7.09. The number of carbonyl (C=O) groups is 1. The SMILES string of the molecule is CC(NC(=O)c1cn[nH]c1N)c1nccs1. The number of nitrogens with one attached hydrogen (secondary N) is 2. The van der Waals surface area contributed by atoms with Crippen LogP contribution in [0.25, 0.3) is 0 Å². The maximum absolute atomic E-state index is 11.8. The van der Waals surface area contributed by atoms with Crippen LogP contribution < -0.4 is 11.1 Å². The maximum atomic E-state index is 11.8. The highest BCUT2D eigenvalue weighted by Gasteiger charge is 2.16. The molecule has 1 unspecified atom stereocenters. The number of nitrogens with zero attached hydrogens (tertiary/aromatic N) is 2. The Bertz CT molecular complexity index is 478. The summed E-state index contributed by atoms with van der Waals surface area (Å²) in [5, 5.41) is 11.7. The molecule has 0 aliphatic heterocycles. The summed E-state index contributed by atoms with van der Waals surface area (Å²) in [5.41, 5.74) is 5.89. The summed E-state index contributed by atoms with van der Waals surface area (Å²) in [6.07, 6.45) is 3.11. The summed E-state index contributed by atoms with van der Waals surface area (Å²) in [6.45, 7) is 1.87. The first-order valence-electron chi connectivity index (χ1n) is 4.67. The molecule has 0 aliphatic rings. The molecule has 1 atom stereocenters. The molecule has 6 nitrogen and oxygen atoms in total. The second kappa shape index (κ2) is 4.31. The molecule has 2 aromatic rings. The van der Waals surface area contributed by atoms with E-state index in [0.29, 0.717) is 5.56 Å². The van der Waals surface area contributed by atoms with Crippen molar-refractivity contribution < 1.29 is 4.79 Å². The van der Waals surface area contributed by atoms with Crippen molar-refractivity contribution in [3.05, 3.63) is 28.3 Å². The van der Waals surface area contributed by atoms with E-state index >= 15 is 0 Å². The van der Waals surface area contributed by atoms with Crippen LogP contribution in [0.15, 0.2) is 17.8 Å². The number of nitrogen functional groups attached to an aromatic ring is 1. The Kier molecular flexibility index (Phi) is 2.86. The Hall–Kier alpha value is -1.89. The van der Waals surface area contributed by atoms with Crippen molar-refractivity contribution in [3.8, 4) is 0 Å². The van der Waals surface area contributed by atoms with E-state index in [2.05, 4.69) is 20.5 Å². The highest BCUT2D eigenvalue weighted by atomic mass is 32.1. The van der Waals surface area contributed by atoms with Gasteiger partial charge in [0.1, 0.15) is 16.4 Å². The fraction of sp³-hybridized carbons (Fsp3) is 0.222. The van der Waals surface area contributed by atoms with Gasteiger partial charge in [-0.05, 0) is 6.92 Å². The Labute approximate surface area is 95.9 Å². The fourth-order valence-electron chi connectivity index (χ4n) is 1.26. The van der Waals surface area contributed by atoms with Gasteiger partial charge < -0.3 is 11.1 Å². The second-order valence-corrected chi connectivity index (χ2v) is 4.19. The van der Waals surface area contributed by atoms with E-state index in [0.717, 1.165) is 5.01 Å². The lowest BCUT2D eigenvalue weighted by atomic mass is 10.2. The van der Waals surface area contributed by atoms with Gasteiger partial charge >= 0.3 is 0 Å². The van der Waals surface area contributed by atoms with Gasteiger partial charge in [0.2, 0.25) is 0 Å². The first kappa shape index (κ1) is 10.6. The Morgan fingerprint density at radius 2 is 2.50 bits per heavy atom. The van der Waals surface area contributed by atoms with Crippen molar-refractivity contribution in [1.82, 2.24) is 20.5 Å².